The second-order valence-electron chi connectivity index (χ2n) is 5.60. The van der Waals surface area contributed by atoms with E-state index in [1.165, 1.54) is 5.57 Å². The highest BCUT2D eigenvalue weighted by molar-refractivity contribution is 5.92. The van der Waals surface area contributed by atoms with Crippen molar-refractivity contribution in [1.29, 1.82) is 0 Å². The summed E-state index contributed by atoms with van der Waals surface area (Å²) in [6.07, 6.45) is 4.57. The molecule has 1 N–H and O–H groups in total. The van der Waals surface area contributed by atoms with Gasteiger partial charge in [0.2, 0.25) is 0 Å². The molecule has 1 amide bonds. The first kappa shape index (κ1) is 15.8. The minimum absolute atomic E-state index is 0.00767. The maximum absolute atomic E-state index is 12.3. The van der Waals surface area contributed by atoms with E-state index in [-0.39, 0.29) is 18.1 Å². The second kappa shape index (κ2) is 7.43. The number of rotatable bonds is 5. The molecule has 1 aliphatic heterocycles. The third-order valence-corrected chi connectivity index (χ3v) is 3.60. The molecule has 0 aromatic carbocycles. The van der Waals surface area contributed by atoms with Gasteiger partial charge in [-0.15, -0.1) is 0 Å². The van der Waals surface area contributed by atoms with Crippen molar-refractivity contribution in [2.45, 2.75) is 32.4 Å². The zero-order chi connectivity index (χ0) is 15.2. The lowest BCUT2D eigenvalue weighted by atomic mass is 10.1. The lowest BCUT2D eigenvalue weighted by Crippen LogP contribution is -2.50. The van der Waals surface area contributed by atoms with Gasteiger partial charge in [-0.1, -0.05) is 11.6 Å². The van der Waals surface area contributed by atoms with Crippen LogP contribution in [0, 0.1) is 0 Å². The van der Waals surface area contributed by atoms with Gasteiger partial charge in [0.1, 0.15) is 11.8 Å². The van der Waals surface area contributed by atoms with Crippen molar-refractivity contribution >= 4 is 5.91 Å². The van der Waals surface area contributed by atoms with Gasteiger partial charge in [0.05, 0.1) is 19.3 Å². The zero-order valence-corrected chi connectivity index (χ0v) is 13.0. The van der Waals surface area contributed by atoms with Gasteiger partial charge in [0, 0.05) is 19.9 Å². The van der Waals surface area contributed by atoms with Crippen LogP contribution in [0.25, 0.3) is 0 Å². The quantitative estimate of drug-likeness (QED) is 0.843. The molecule has 0 saturated carbocycles. The third kappa shape index (κ3) is 4.44. The van der Waals surface area contributed by atoms with Gasteiger partial charge >= 0.3 is 0 Å². The minimum Gasteiger partial charge on any atom is -0.379 e. The van der Waals surface area contributed by atoms with E-state index in [0.29, 0.717) is 25.5 Å². The Bertz CT molecular complexity index is 503. The van der Waals surface area contributed by atoms with Crippen LogP contribution in [0.3, 0.4) is 0 Å². The molecular weight excluding hydrogens is 268 g/mol. The van der Waals surface area contributed by atoms with Gasteiger partial charge in [-0.05, 0) is 32.4 Å². The van der Waals surface area contributed by atoms with E-state index in [4.69, 9.17) is 9.47 Å². The average molecular weight is 292 g/mol. The summed E-state index contributed by atoms with van der Waals surface area (Å²) in [7, 11) is 1.86. The molecule has 21 heavy (non-hydrogen) atoms. The Hall–Kier alpha value is -1.59. The average Bonchev–Trinajstić information content (AvgIpc) is 2.86. The molecule has 1 fully saturated rings. The Labute approximate surface area is 125 Å². The first-order valence-corrected chi connectivity index (χ1v) is 7.33. The predicted octanol–water partition coefficient (Wildman–Crippen LogP) is 1.90. The number of allylic oxidation sites excluding steroid dienone is 1. The van der Waals surface area contributed by atoms with Crippen molar-refractivity contribution in [3.8, 4) is 0 Å². The fourth-order valence-electron chi connectivity index (χ4n) is 2.32. The van der Waals surface area contributed by atoms with Crippen molar-refractivity contribution in [1.82, 2.24) is 9.88 Å². The summed E-state index contributed by atoms with van der Waals surface area (Å²) < 4.78 is 13.1. The van der Waals surface area contributed by atoms with Crippen LogP contribution < -0.4 is 5.32 Å². The summed E-state index contributed by atoms with van der Waals surface area (Å²) >= 11 is 0. The number of aromatic nitrogens is 1. The first-order chi connectivity index (χ1) is 10.1. The summed E-state index contributed by atoms with van der Waals surface area (Å²) in [5.74, 6) is -0.0646. The van der Waals surface area contributed by atoms with E-state index < -0.39 is 0 Å². The normalized spacial score (nSPS) is 21.9. The number of amides is 1. The van der Waals surface area contributed by atoms with Crippen molar-refractivity contribution in [2.75, 3.05) is 19.8 Å². The van der Waals surface area contributed by atoms with Crippen molar-refractivity contribution in [3.05, 3.63) is 35.7 Å². The number of hydrogen-bond acceptors (Lipinski definition) is 3. The van der Waals surface area contributed by atoms with Gasteiger partial charge in [-0.3, -0.25) is 4.79 Å². The molecule has 1 aromatic heterocycles. The van der Waals surface area contributed by atoms with Crippen LogP contribution in [-0.4, -0.2) is 42.4 Å². The largest absolute Gasteiger partial charge is 0.379 e. The lowest BCUT2D eigenvalue weighted by molar-refractivity contribution is -0.0589. The standard InChI is InChI=1S/C16H24N2O3/c1-12(2)6-10-21-15-11-20-9-7-13(15)17-16(19)14-5-4-8-18(14)3/h4-6,8,13,15H,7,9-11H2,1-3H3,(H,17,19)/t13-,15-/m1/s1. The van der Waals surface area contributed by atoms with Crippen molar-refractivity contribution in [3.63, 3.8) is 0 Å². The summed E-state index contributed by atoms with van der Waals surface area (Å²) in [5, 5.41) is 3.06. The number of aryl methyl sites for hydroxylation is 1. The van der Waals surface area contributed by atoms with Crippen LogP contribution in [0.1, 0.15) is 30.8 Å². The summed E-state index contributed by atoms with van der Waals surface area (Å²) in [4.78, 5) is 12.3. The molecule has 1 aromatic rings. The molecule has 1 aliphatic rings. The van der Waals surface area contributed by atoms with Crippen molar-refractivity contribution < 1.29 is 14.3 Å². The van der Waals surface area contributed by atoms with E-state index in [1.54, 1.807) is 0 Å². The van der Waals surface area contributed by atoms with Crippen molar-refractivity contribution in [2.24, 2.45) is 7.05 Å². The van der Waals surface area contributed by atoms with Gasteiger partial charge in [0.25, 0.3) is 5.91 Å². The molecule has 5 nitrogen and oxygen atoms in total. The van der Waals surface area contributed by atoms with Crippen LogP contribution in [0.15, 0.2) is 30.0 Å². The lowest BCUT2D eigenvalue weighted by Gasteiger charge is -2.31. The molecule has 0 radical (unpaired) electrons. The molecule has 0 unspecified atom stereocenters. The Morgan fingerprint density at radius 1 is 1.57 bits per heavy atom. The highest BCUT2D eigenvalue weighted by atomic mass is 16.5. The van der Waals surface area contributed by atoms with E-state index in [1.807, 2.05) is 49.9 Å². The van der Waals surface area contributed by atoms with Crippen LogP contribution in [-0.2, 0) is 16.5 Å². The van der Waals surface area contributed by atoms with E-state index in [0.717, 1.165) is 6.42 Å². The predicted molar refractivity (Wildman–Crippen MR) is 81.3 cm³/mol. The maximum Gasteiger partial charge on any atom is 0.268 e. The number of ether oxygens (including phenoxy) is 2. The van der Waals surface area contributed by atoms with Crippen LogP contribution in [0.5, 0.6) is 0 Å². The number of hydrogen-bond donors (Lipinski definition) is 1. The number of nitrogens with zero attached hydrogens (tertiary/aromatic N) is 1. The molecule has 116 valence electrons. The summed E-state index contributed by atoms with van der Waals surface area (Å²) in [6.45, 7) is 5.80. The number of carbonyl (C=O) groups is 1. The van der Waals surface area contributed by atoms with Crippen LogP contribution >= 0.6 is 0 Å². The zero-order valence-electron chi connectivity index (χ0n) is 13.0. The molecule has 2 atom stereocenters. The van der Waals surface area contributed by atoms with E-state index >= 15 is 0 Å². The molecule has 0 aliphatic carbocycles. The molecule has 1 saturated heterocycles. The number of carbonyl (C=O) groups excluding carboxylic acids is 1. The van der Waals surface area contributed by atoms with Gasteiger partial charge < -0.3 is 19.4 Å². The maximum atomic E-state index is 12.3. The Balaban J connectivity index is 1.94. The minimum atomic E-state index is -0.0985. The Morgan fingerprint density at radius 3 is 3.05 bits per heavy atom. The van der Waals surface area contributed by atoms with Gasteiger partial charge in [-0.25, -0.2) is 0 Å². The first-order valence-electron chi connectivity index (χ1n) is 7.33. The summed E-state index contributed by atoms with van der Waals surface area (Å²) in [5.41, 5.74) is 1.88. The van der Waals surface area contributed by atoms with Crippen LogP contribution in [0.2, 0.25) is 0 Å². The van der Waals surface area contributed by atoms with Crippen LogP contribution in [0.4, 0.5) is 0 Å². The topological polar surface area (TPSA) is 52.5 Å². The number of nitrogens with one attached hydrogen (secondary N) is 1. The fraction of sp³-hybridized carbons (Fsp3) is 0.562. The van der Waals surface area contributed by atoms with E-state index in [2.05, 4.69) is 5.32 Å². The Morgan fingerprint density at radius 2 is 2.38 bits per heavy atom. The van der Waals surface area contributed by atoms with E-state index in [9.17, 15) is 4.79 Å². The monoisotopic (exact) mass is 292 g/mol. The molecule has 2 heterocycles. The Kier molecular flexibility index (Phi) is 5.59. The second-order valence-corrected chi connectivity index (χ2v) is 5.60. The molecular formula is C16H24N2O3. The van der Waals surface area contributed by atoms with Gasteiger partial charge in [0.15, 0.2) is 0 Å². The van der Waals surface area contributed by atoms with Gasteiger partial charge in [-0.2, -0.15) is 0 Å². The smallest absolute Gasteiger partial charge is 0.268 e. The highest BCUT2D eigenvalue weighted by Gasteiger charge is 2.28. The SMILES string of the molecule is CC(C)=CCO[C@@H]1COCC[C@H]1NC(=O)c1cccn1C. The highest BCUT2D eigenvalue weighted by Crippen LogP contribution is 2.13. The molecule has 5 heteroatoms. The molecule has 2 rings (SSSR count). The molecule has 0 spiro atoms. The fourth-order valence-corrected chi connectivity index (χ4v) is 2.32. The third-order valence-electron chi connectivity index (χ3n) is 3.60. The molecule has 0 bridgehead atoms. The summed E-state index contributed by atoms with van der Waals surface area (Å²) in [6, 6.07) is 3.67.